The highest BCUT2D eigenvalue weighted by atomic mass is 35.5. The molecule has 1 aromatic carbocycles. The molecule has 2 N–H and O–H groups in total. The maximum Gasteiger partial charge on any atom is 0.239 e. The minimum Gasteiger partial charge on any atom is -0.326 e. The Hall–Kier alpha value is -2.05. The van der Waals surface area contributed by atoms with Gasteiger partial charge in [-0.05, 0) is 36.8 Å². The van der Waals surface area contributed by atoms with Crippen LogP contribution < -0.4 is 10.6 Å². The molecule has 0 saturated carbocycles. The van der Waals surface area contributed by atoms with Crippen LogP contribution in [-0.2, 0) is 9.59 Å². The van der Waals surface area contributed by atoms with E-state index in [1.807, 2.05) is 31.2 Å². The number of benzene rings is 1. The van der Waals surface area contributed by atoms with Crippen LogP contribution in [0.15, 0.2) is 47.5 Å². The van der Waals surface area contributed by atoms with Crippen molar-refractivity contribution in [2.75, 3.05) is 10.6 Å². The van der Waals surface area contributed by atoms with Crippen LogP contribution in [0, 0.1) is 0 Å². The molecule has 2 rings (SSSR count). The predicted octanol–water partition coefficient (Wildman–Crippen LogP) is 4.20. The van der Waals surface area contributed by atoms with Crippen LogP contribution in [0.1, 0.15) is 20.3 Å². The number of aromatic nitrogens is 1. The van der Waals surface area contributed by atoms with E-state index in [4.69, 9.17) is 11.6 Å². The summed E-state index contributed by atoms with van der Waals surface area (Å²) in [5.74, 6) is 0.216. The zero-order chi connectivity index (χ0) is 17.5. The number of hydrogen-bond acceptors (Lipinski definition) is 4. The molecule has 1 aromatic heterocycles. The fraction of sp³-hybridized carbons (Fsp3) is 0.235. The van der Waals surface area contributed by atoms with Crippen molar-refractivity contribution < 1.29 is 9.59 Å². The van der Waals surface area contributed by atoms with Crippen LogP contribution in [-0.4, -0.2) is 22.0 Å². The van der Waals surface area contributed by atoms with Gasteiger partial charge in [-0.15, -0.1) is 11.8 Å². The molecule has 2 amide bonds. The van der Waals surface area contributed by atoms with E-state index in [-0.39, 0.29) is 17.1 Å². The second kappa shape index (κ2) is 8.70. The maximum absolute atomic E-state index is 12.4. The molecule has 5 nitrogen and oxygen atoms in total. The van der Waals surface area contributed by atoms with Crippen molar-refractivity contribution in [2.45, 2.75) is 30.4 Å². The Morgan fingerprint density at radius 2 is 2.04 bits per heavy atom. The summed E-state index contributed by atoms with van der Waals surface area (Å²) in [4.78, 5) is 28.5. The van der Waals surface area contributed by atoms with Crippen LogP contribution in [0.5, 0.6) is 0 Å². The molecule has 1 heterocycles. The van der Waals surface area contributed by atoms with Crippen LogP contribution in [0.3, 0.4) is 0 Å². The van der Waals surface area contributed by atoms with Gasteiger partial charge in [0.1, 0.15) is 5.82 Å². The van der Waals surface area contributed by atoms with E-state index in [1.54, 1.807) is 12.1 Å². The van der Waals surface area contributed by atoms with Crippen molar-refractivity contribution in [1.29, 1.82) is 0 Å². The lowest BCUT2D eigenvalue weighted by molar-refractivity contribution is -0.116. The van der Waals surface area contributed by atoms with Crippen molar-refractivity contribution in [3.8, 4) is 0 Å². The normalized spacial score (nSPS) is 11.6. The van der Waals surface area contributed by atoms with Crippen LogP contribution in [0.2, 0.25) is 5.02 Å². The number of carbonyl (C=O) groups is 2. The quantitative estimate of drug-likeness (QED) is 0.754. The molecule has 7 heteroatoms. The summed E-state index contributed by atoms with van der Waals surface area (Å²) in [6.07, 6.45) is 2.15. The highest BCUT2D eigenvalue weighted by molar-refractivity contribution is 8.00. The fourth-order valence-electron chi connectivity index (χ4n) is 1.99. The third-order valence-electron chi connectivity index (χ3n) is 3.07. The van der Waals surface area contributed by atoms with Gasteiger partial charge in [-0.2, -0.15) is 0 Å². The van der Waals surface area contributed by atoms with Gasteiger partial charge in [-0.25, -0.2) is 4.98 Å². The smallest absolute Gasteiger partial charge is 0.239 e. The Balaban J connectivity index is 2.04. The second-order valence-electron chi connectivity index (χ2n) is 5.07. The average Bonchev–Trinajstić information content (AvgIpc) is 2.54. The first-order valence-electron chi connectivity index (χ1n) is 7.44. The second-order valence-corrected chi connectivity index (χ2v) is 6.79. The van der Waals surface area contributed by atoms with Gasteiger partial charge in [0.05, 0.1) is 10.3 Å². The van der Waals surface area contributed by atoms with E-state index >= 15 is 0 Å². The minimum atomic E-state index is -0.268. The van der Waals surface area contributed by atoms with Gasteiger partial charge in [-0.3, -0.25) is 9.59 Å². The fourth-order valence-corrected chi connectivity index (χ4v) is 3.12. The molecule has 0 saturated heterocycles. The molecule has 0 aliphatic rings. The molecule has 0 bridgehead atoms. The summed E-state index contributed by atoms with van der Waals surface area (Å²) in [6, 6.07) is 10.8. The lowest BCUT2D eigenvalue weighted by Gasteiger charge is -2.15. The number of nitrogens with zero attached hydrogens (tertiary/aromatic N) is 1. The SMILES string of the molecule is CCC(Sc1cccc(NC(C)=O)c1)C(=O)Nc1ccc(Cl)cn1. The van der Waals surface area contributed by atoms with E-state index in [0.29, 0.717) is 22.9 Å². The van der Waals surface area contributed by atoms with Crippen molar-refractivity contribution in [1.82, 2.24) is 4.98 Å². The van der Waals surface area contributed by atoms with Crippen molar-refractivity contribution >= 4 is 46.7 Å². The zero-order valence-electron chi connectivity index (χ0n) is 13.4. The van der Waals surface area contributed by atoms with Crippen molar-refractivity contribution in [2.24, 2.45) is 0 Å². The number of halogens is 1. The lowest BCUT2D eigenvalue weighted by atomic mass is 10.3. The first-order chi connectivity index (χ1) is 11.5. The number of carbonyl (C=O) groups excluding carboxylic acids is 2. The van der Waals surface area contributed by atoms with Gasteiger partial charge >= 0.3 is 0 Å². The third-order valence-corrected chi connectivity index (χ3v) is 4.66. The summed E-state index contributed by atoms with van der Waals surface area (Å²) in [6.45, 7) is 3.41. The van der Waals surface area contributed by atoms with Gasteiger partial charge in [0.15, 0.2) is 0 Å². The standard InChI is InChI=1S/C17H18ClN3O2S/c1-3-15(17(23)21-16-8-7-12(18)10-19-16)24-14-6-4-5-13(9-14)20-11(2)22/h4-10,15H,3H2,1-2H3,(H,20,22)(H,19,21,23). The van der Waals surface area contributed by atoms with E-state index in [0.717, 1.165) is 4.90 Å². The summed E-state index contributed by atoms with van der Waals surface area (Å²) in [5, 5.41) is 5.77. The molecule has 0 fully saturated rings. The molecule has 0 spiro atoms. The van der Waals surface area contributed by atoms with Gasteiger partial charge in [0, 0.05) is 23.7 Å². The molecule has 0 radical (unpaired) electrons. The third kappa shape index (κ3) is 5.54. The van der Waals surface area contributed by atoms with E-state index in [1.165, 1.54) is 24.9 Å². The Kier molecular flexibility index (Phi) is 6.63. The Morgan fingerprint density at radius 3 is 2.67 bits per heavy atom. The predicted molar refractivity (Wildman–Crippen MR) is 98.6 cm³/mol. The Morgan fingerprint density at radius 1 is 1.25 bits per heavy atom. The number of thioether (sulfide) groups is 1. The number of rotatable bonds is 6. The molecular formula is C17H18ClN3O2S. The number of amides is 2. The maximum atomic E-state index is 12.4. The number of anilines is 2. The minimum absolute atomic E-state index is 0.123. The summed E-state index contributed by atoms with van der Waals surface area (Å²) in [5.41, 5.74) is 0.710. The summed E-state index contributed by atoms with van der Waals surface area (Å²) >= 11 is 7.23. The molecule has 0 aliphatic carbocycles. The molecule has 126 valence electrons. The van der Waals surface area contributed by atoms with Gasteiger partial charge in [0.25, 0.3) is 0 Å². The van der Waals surface area contributed by atoms with Crippen LogP contribution in [0.4, 0.5) is 11.5 Å². The molecule has 1 atom stereocenters. The largest absolute Gasteiger partial charge is 0.326 e. The molecular weight excluding hydrogens is 346 g/mol. The number of hydrogen-bond donors (Lipinski definition) is 2. The van der Waals surface area contributed by atoms with Crippen LogP contribution in [0.25, 0.3) is 0 Å². The van der Waals surface area contributed by atoms with E-state index < -0.39 is 0 Å². The first kappa shape index (κ1) is 18.3. The lowest BCUT2D eigenvalue weighted by Crippen LogP contribution is -2.25. The Labute approximate surface area is 150 Å². The van der Waals surface area contributed by atoms with Gasteiger partial charge < -0.3 is 10.6 Å². The topological polar surface area (TPSA) is 71.1 Å². The number of pyridine rings is 1. The summed E-state index contributed by atoms with van der Waals surface area (Å²) in [7, 11) is 0. The molecule has 24 heavy (non-hydrogen) atoms. The van der Waals surface area contributed by atoms with Crippen LogP contribution >= 0.6 is 23.4 Å². The van der Waals surface area contributed by atoms with Gasteiger partial charge in [-0.1, -0.05) is 24.6 Å². The average molecular weight is 364 g/mol. The monoisotopic (exact) mass is 363 g/mol. The number of nitrogens with one attached hydrogen (secondary N) is 2. The van der Waals surface area contributed by atoms with E-state index in [2.05, 4.69) is 15.6 Å². The van der Waals surface area contributed by atoms with Gasteiger partial charge in [0.2, 0.25) is 11.8 Å². The van der Waals surface area contributed by atoms with Crippen molar-refractivity contribution in [3.63, 3.8) is 0 Å². The molecule has 2 aromatic rings. The van der Waals surface area contributed by atoms with Crippen molar-refractivity contribution in [3.05, 3.63) is 47.6 Å². The highest BCUT2D eigenvalue weighted by Gasteiger charge is 2.18. The zero-order valence-corrected chi connectivity index (χ0v) is 14.9. The molecule has 0 aliphatic heterocycles. The highest BCUT2D eigenvalue weighted by Crippen LogP contribution is 2.28. The Bertz CT molecular complexity index is 722. The van der Waals surface area contributed by atoms with E-state index in [9.17, 15) is 9.59 Å². The first-order valence-corrected chi connectivity index (χ1v) is 8.70. The summed E-state index contributed by atoms with van der Waals surface area (Å²) < 4.78 is 0. The molecule has 1 unspecified atom stereocenters.